The van der Waals surface area contributed by atoms with Gasteiger partial charge in [-0.15, -0.1) is 0 Å². The number of carbonyl (C=O) groups excluding carboxylic acids is 4. The number of benzene rings is 3. The monoisotopic (exact) mass is 804 g/mol. The lowest BCUT2D eigenvalue weighted by Crippen LogP contribution is -2.43. The molecule has 0 unspecified atom stereocenters. The van der Waals surface area contributed by atoms with Crippen LogP contribution in [0, 0.1) is 36.7 Å². The fourth-order valence-corrected chi connectivity index (χ4v) is 8.30. The number of halogens is 3. The molecule has 2 aliphatic carbocycles. The first-order valence-electron chi connectivity index (χ1n) is 13.6. The zero-order valence-corrected chi connectivity index (χ0v) is 27.0. The van der Waals surface area contributed by atoms with Gasteiger partial charge in [0.1, 0.15) is 5.75 Å². The summed E-state index contributed by atoms with van der Waals surface area (Å²) in [6.07, 6.45) is 2.56. The molecule has 3 aromatic carbocycles. The van der Waals surface area contributed by atoms with E-state index in [-0.39, 0.29) is 35.8 Å². The minimum absolute atomic E-state index is 0.0332. The summed E-state index contributed by atoms with van der Waals surface area (Å²) in [5.41, 5.74) is 2.27. The molecular formula is C32H23ClI2N2O5. The summed E-state index contributed by atoms with van der Waals surface area (Å²) in [6, 6.07) is 19.1. The molecule has 212 valence electrons. The molecule has 3 aromatic rings. The summed E-state index contributed by atoms with van der Waals surface area (Å²) < 4.78 is 1.96. The number of carbonyl (C=O) groups is 4. The molecule has 1 N–H and O–H groups in total. The van der Waals surface area contributed by atoms with Crippen molar-refractivity contribution < 1.29 is 24.3 Å². The molecule has 7 rings (SSSR count). The number of imide groups is 2. The number of hydrogen-bond donors (Lipinski definition) is 1. The number of aromatic hydroxyl groups is 1. The predicted octanol–water partition coefficient (Wildman–Crippen LogP) is 6.30. The summed E-state index contributed by atoms with van der Waals surface area (Å²) in [4.78, 5) is 58.4. The minimum atomic E-state index is -0.778. The SMILES string of the molecule is O=C1[C@H]2[C@H](CC=C3[C@H]2C[C@H]2C(=O)N(c4ccc(I)cc4)C(=O)[C@H]2[C@H]3c2cc(Cl)ccc2O)C(=O)N1c1ccc(I)cc1. The molecule has 4 aliphatic rings. The van der Waals surface area contributed by atoms with Gasteiger partial charge in [-0.2, -0.15) is 0 Å². The summed E-state index contributed by atoms with van der Waals surface area (Å²) >= 11 is 10.7. The quantitative estimate of drug-likeness (QED) is 0.191. The first-order chi connectivity index (χ1) is 20.2. The molecule has 1 saturated carbocycles. The van der Waals surface area contributed by atoms with Crippen LogP contribution in [0.15, 0.2) is 78.4 Å². The number of rotatable bonds is 3. The molecule has 2 saturated heterocycles. The molecule has 42 heavy (non-hydrogen) atoms. The Balaban J connectivity index is 1.35. The highest BCUT2D eigenvalue weighted by Gasteiger charge is 2.62. The number of anilines is 2. The van der Waals surface area contributed by atoms with Crippen LogP contribution in [0.25, 0.3) is 0 Å². The molecule has 10 heteroatoms. The van der Waals surface area contributed by atoms with Crippen LogP contribution in [0.3, 0.4) is 0 Å². The molecule has 7 nitrogen and oxygen atoms in total. The molecule has 0 aromatic heterocycles. The maximum atomic E-state index is 14.1. The van der Waals surface area contributed by atoms with Crippen molar-refractivity contribution >= 4 is 91.8 Å². The van der Waals surface area contributed by atoms with E-state index in [9.17, 15) is 24.3 Å². The van der Waals surface area contributed by atoms with Crippen molar-refractivity contribution in [2.24, 2.45) is 29.6 Å². The van der Waals surface area contributed by atoms with Crippen molar-refractivity contribution in [2.75, 3.05) is 9.80 Å². The molecule has 4 amide bonds. The zero-order valence-electron chi connectivity index (χ0n) is 21.9. The Morgan fingerprint density at radius 1 is 0.690 bits per heavy atom. The van der Waals surface area contributed by atoms with Crippen molar-refractivity contribution in [1.82, 2.24) is 0 Å². The van der Waals surface area contributed by atoms with Gasteiger partial charge in [-0.1, -0.05) is 23.3 Å². The Labute approximate surface area is 274 Å². The minimum Gasteiger partial charge on any atom is -0.508 e. The highest BCUT2D eigenvalue weighted by molar-refractivity contribution is 14.1. The van der Waals surface area contributed by atoms with Crippen LogP contribution in [-0.4, -0.2) is 28.7 Å². The Bertz CT molecular complexity index is 1710. The zero-order chi connectivity index (χ0) is 29.4. The average Bonchev–Trinajstić information content (AvgIpc) is 3.38. The van der Waals surface area contributed by atoms with Crippen LogP contribution in [0.5, 0.6) is 5.75 Å². The van der Waals surface area contributed by atoms with Crippen molar-refractivity contribution in [3.63, 3.8) is 0 Å². The standard InChI is InChI=1S/C32H23ClI2N2O5/c33-15-1-12-25(38)23(13-15)26-20-10-11-21-27(31(41)36(29(21)39)18-6-2-16(34)3-7-18)22(20)14-24-28(26)32(42)37(30(24)40)19-8-4-17(35)5-9-19/h1-10,12-13,21-22,24,26-28,38H,11,14H2/t21-,22+,24+,26+,27-,28+/m0/s1. The van der Waals surface area contributed by atoms with Gasteiger partial charge in [-0.3, -0.25) is 29.0 Å². The van der Waals surface area contributed by atoms with Crippen LogP contribution < -0.4 is 9.80 Å². The number of allylic oxidation sites excluding steroid dienone is 2. The van der Waals surface area contributed by atoms with Crippen molar-refractivity contribution in [1.29, 1.82) is 0 Å². The molecule has 0 radical (unpaired) electrons. The number of hydrogen-bond acceptors (Lipinski definition) is 5. The van der Waals surface area contributed by atoms with E-state index in [1.165, 1.54) is 15.9 Å². The maximum Gasteiger partial charge on any atom is 0.238 e. The fraction of sp³-hybridized carbons (Fsp3) is 0.250. The molecule has 2 heterocycles. The van der Waals surface area contributed by atoms with E-state index in [0.717, 1.165) is 12.7 Å². The Hall–Kier alpha value is -2.77. The van der Waals surface area contributed by atoms with Crippen molar-refractivity contribution in [3.05, 3.63) is 96.1 Å². The van der Waals surface area contributed by atoms with Gasteiger partial charge in [0.2, 0.25) is 23.6 Å². The molecule has 2 aliphatic heterocycles. The smallest absolute Gasteiger partial charge is 0.238 e. The second kappa shape index (κ2) is 10.4. The first-order valence-corrected chi connectivity index (χ1v) is 16.1. The number of fused-ring (bicyclic) bond motifs is 4. The summed E-state index contributed by atoms with van der Waals surface area (Å²) in [5, 5.41) is 11.4. The summed E-state index contributed by atoms with van der Waals surface area (Å²) in [6.45, 7) is 0. The van der Waals surface area contributed by atoms with Gasteiger partial charge in [0.05, 0.1) is 35.0 Å². The van der Waals surface area contributed by atoms with E-state index < -0.39 is 35.5 Å². The highest BCUT2D eigenvalue weighted by atomic mass is 127. The van der Waals surface area contributed by atoms with Crippen LogP contribution in [0.2, 0.25) is 5.02 Å². The Morgan fingerprint density at radius 2 is 1.24 bits per heavy atom. The van der Waals surface area contributed by atoms with E-state index >= 15 is 0 Å². The molecule has 0 spiro atoms. The highest BCUT2D eigenvalue weighted by Crippen LogP contribution is 2.59. The third kappa shape index (κ3) is 4.25. The number of nitrogens with zero attached hydrogens (tertiary/aromatic N) is 2. The van der Waals surface area contributed by atoms with E-state index in [4.69, 9.17) is 11.6 Å². The maximum absolute atomic E-state index is 14.1. The van der Waals surface area contributed by atoms with Gasteiger partial charge in [0.15, 0.2) is 0 Å². The average molecular weight is 805 g/mol. The van der Waals surface area contributed by atoms with Crippen LogP contribution in [0.1, 0.15) is 24.3 Å². The second-order valence-corrected chi connectivity index (χ2v) is 14.1. The first kappa shape index (κ1) is 28.0. The summed E-state index contributed by atoms with van der Waals surface area (Å²) in [7, 11) is 0. The number of phenolic OH excluding ortho intramolecular Hbond substituents is 1. The van der Waals surface area contributed by atoms with Crippen LogP contribution in [-0.2, 0) is 19.2 Å². The van der Waals surface area contributed by atoms with Gasteiger partial charge in [-0.05, 0) is 131 Å². The van der Waals surface area contributed by atoms with E-state index in [2.05, 4.69) is 45.2 Å². The lowest BCUT2D eigenvalue weighted by Gasteiger charge is -2.44. The van der Waals surface area contributed by atoms with E-state index in [0.29, 0.717) is 28.4 Å². The number of amides is 4. The normalized spacial score (nSPS) is 28.5. The fourth-order valence-electron chi connectivity index (χ4n) is 7.40. The van der Waals surface area contributed by atoms with Gasteiger partial charge >= 0.3 is 0 Å². The Kier molecular flexibility index (Phi) is 6.97. The Morgan fingerprint density at radius 3 is 1.83 bits per heavy atom. The predicted molar refractivity (Wildman–Crippen MR) is 174 cm³/mol. The van der Waals surface area contributed by atoms with Crippen molar-refractivity contribution in [3.8, 4) is 5.75 Å². The molecule has 3 fully saturated rings. The van der Waals surface area contributed by atoms with Crippen molar-refractivity contribution in [2.45, 2.75) is 18.8 Å². The largest absolute Gasteiger partial charge is 0.508 e. The second-order valence-electron chi connectivity index (χ2n) is 11.2. The molecule has 6 atom stereocenters. The van der Waals surface area contributed by atoms with Crippen LogP contribution >= 0.6 is 56.8 Å². The summed E-state index contributed by atoms with van der Waals surface area (Å²) in [5.74, 6) is -5.10. The number of phenols is 1. The third-order valence-corrected chi connectivity index (χ3v) is 10.8. The molecular weight excluding hydrogens is 782 g/mol. The third-order valence-electron chi connectivity index (χ3n) is 9.14. The molecule has 0 bridgehead atoms. The van der Waals surface area contributed by atoms with Gasteiger partial charge in [0, 0.05) is 23.6 Å². The van der Waals surface area contributed by atoms with E-state index in [1.54, 1.807) is 36.4 Å². The van der Waals surface area contributed by atoms with E-state index in [1.807, 2.05) is 30.3 Å². The lowest BCUT2D eigenvalue weighted by molar-refractivity contribution is -0.126. The van der Waals surface area contributed by atoms with Gasteiger partial charge < -0.3 is 5.11 Å². The van der Waals surface area contributed by atoms with Crippen LogP contribution in [0.4, 0.5) is 11.4 Å². The van der Waals surface area contributed by atoms with Gasteiger partial charge in [-0.25, -0.2) is 0 Å². The lowest BCUT2D eigenvalue weighted by atomic mass is 9.57. The topological polar surface area (TPSA) is 95.0 Å². The van der Waals surface area contributed by atoms with Gasteiger partial charge in [0.25, 0.3) is 0 Å².